The molecule has 2 atom stereocenters. The maximum absolute atomic E-state index is 13.1. The largest absolute Gasteiger partial charge is 0.508 e. The fraction of sp³-hybridized carbons (Fsp3) is 0.321. The lowest BCUT2D eigenvalue weighted by molar-refractivity contribution is -0.142. The summed E-state index contributed by atoms with van der Waals surface area (Å²) in [4.78, 5) is 40.6. The minimum absolute atomic E-state index is 0.0172. The van der Waals surface area contributed by atoms with Crippen LogP contribution in [0.15, 0.2) is 45.7 Å². The monoisotopic (exact) mass is 504 g/mol. The van der Waals surface area contributed by atoms with Gasteiger partial charge < -0.3 is 29.7 Å². The molecule has 1 aliphatic carbocycles. The second kappa shape index (κ2) is 9.65. The molecule has 0 unspecified atom stereocenters. The van der Waals surface area contributed by atoms with Gasteiger partial charge in [-0.3, -0.25) is 4.79 Å². The quantitative estimate of drug-likeness (QED) is 0.281. The number of aryl methyl sites for hydroxylation is 2. The van der Waals surface area contributed by atoms with Crippen molar-refractivity contribution >= 4 is 33.7 Å². The van der Waals surface area contributed by atoms with Crippen molar-refractivity contribution in [2.24, 2.45) is 0 Å². The molecule has 1 amide bonds. The van der Waals surface area contributed by atoms with Gasteiger partial charge >= 0.3 is 11.6 Å². The number of rotatable bonds is 7. The van der Waals surface area contributed by atoms with Crippen molar-refractivity contribution in [3.8, 4) is 11.5 Å². The molecule has 0 radical (unpaired) electrons. The number of aromatic nitrogens is 1. The predicted octanol–water partition coefficient (Wildman–Crippen LogP) is 3.75. The van der Waals surface area contributed by atoms with Crippen LogP contribution < -0.4 is 15.7 Å². The summed E-state index contributed by atoms with van der Waals surface area (Å²) in [5.41, 5.74) is 3.84. The molecule has 37 heavy (non-hydrogen) atoms. The first-order valence-corrected chi connectivity index (χ1v) is 12.3. The van der Waals surface area contributed by atoms with Crippen LogP contribution in [0.2, 0.25) is 0 Å². The van der Waals surface area contributed by atoms with E-state index in [2.05, 4.69) is 10.3 Å². The van der Waals surface area contributed by atoms with E-state index in [1.54, 1.807) is 37.4 Å². The molecule has 0 bridgehead atoms. The first-order chi connectivity index (χ1) is 17.7. The van der Waals surface area contributed by atoms with Crippen molar-refractivity contribution < 1.29 is 29.0 Å². The topological polar surface area (TPSA) is 142 Å². The van der Waals surface area contributed by atoms with Gasteiger partial charge in [-0.2, -0.15) is 0 Å². The van der Waals surface area contributed by atoms with Gasteiger partial charge in [-0.1, -0.05) is 0 Å². The minimum Gasteiger partial charge on any atom is -0.508 e. The van der Waals surface area contributed by atoms with Crippen LogP contribution in [0.3, 0.4) is 0 Å². The number of aliphatic carboxylic acids is 1. The Kier molecular flexibility index (Phi) is 6.37. The number of hydrogen-bond acceptors (Lipinski definition) is 6. The minimum atomic E-state index is -1.21. The highest BCUT2D eigenvalue weighted by Gasteiger charge is 2.27. The van der Waals surface area contributed by atoms with Crippen molar-refractivity contribution in [3.05, 3.63) is 69.2 Å². The molecule has 5 rings (SSSR count). The number of carbonyl (C=O) groups is 2. The summed E-state index contributed by atoms with van der Waals surface area (Å²) in [6.45, 7) is 3.40. The molecule has 0 spiro atoms. The number of aromatic amines is 1. The number of nitrogens with one attached hydrogen (secondary N) is 2. The third kappa shape index (κ3) is 4.76. The number of phenolic OH excluding ortho intramolecular Hbond substituents is 1. The Labute approximate surface area is 212 Å². The lowest BCUT2D eigenvalue weighted by Gasteiger charge is -2.22. The zero-order valence-corrected chi connectivity index (χ0v) is 20.6. The fourth-order valence-electron chi connectivity index (χ4n) is 5.05. The Bertz CT molecular complexity index is 1580. The molecule has 0 saturated heterocycles. The molecule has 2 aromatic heterocycles. The normalized spacial score (nSPS) is 14.8. The summed E-state index contributed by atoms with van der Waals surface area (Å²) >= 11 is 0. The number of carbonyl (C=O) groups excluding carboxylic acids is 1. The molecule has 9 nitrogen and oxygen atoms in total. The molecule has 1 aliphatic rings. The highest BCUT2D eigenvalue weighted by molar-refractivity contribution is 5.91. The molecule has 0 aliphatic heterocycles. The third-order valence-corrected chi connectivity index (χ3v) is 6.89. The van der Waals surface area contributed by atoms with Gasteiger partial charge in [0.1, 0.15) is 23.1 Å². The maximum atomic E-state index is 13.1. The average molecular weight is 505 g/mol. The molecule has 192 valence electrons. The maximum Gasteiger partial charge on any atom is 0.339 e. The van der Waals surface area contributed by atoms with E-state index < -0.39 is 24.0 Å². The summed E-state index contributed by atoms with van der Waals surface area (Å²) in [6.07, 6.45) is 3.90. The Morgan fingerprint density at radius 1 is 1.16 bits per heavy atom. The van der Waals surface area contributed by atoms with E-state index in [1.807, 2.05) is 6.92 Å². The average Bonchev–Trinajstić information content (AvgIpc) is 3.24. The van der Waals surface area contributed by atoms with Crippen LogP contribution in [0.25, 0.3) is 21.9 Å². The number of hydrogen-bond donors (Lipinski definition) is 4. The van der Waals surface area contributed by atoms with E-state index in [0.29, 0.717) is 39.7 Å². The van der Waals surface area contributed by atoms with Crippen molar-refractivity contribution in [1.29, 1.82) is 0 Å². The number of ether oxygens (including phenoxy) is 1. The van der Waals surface area contributed by atoms with E-state index in [1.165, 1.54) is 6.07 Å². The van der Waals surface area contributed by atoms with Gasteiger partial charge in [-0.05, 0) is 86.6 Å². The SMILES string of the molecule is Cc1cc(O[C@H](C)C(=O)N[C@@H](Cc2c[nH]c3ccc(O)cc23)C(=O)O)c2c3c(c(=O)oc2c1)CCCC3. The summed E-state index contributed by atoms with van der Waals surface area (Å²) in [5.74, 6) is -1.28. The van der Waals surface area contributed by atoms with E-state index in [4.69, 9.17) is 9.15 Å². The third-order valence-electron chi connectivity index (χ3n) is 6.89. The van der Waals surface area contributed by atoms with E-state index in [-0.39, 0.29) is 17.8 Å². The number of aromatic hydroxyl groups is 1. The van der Waals surface area contributed by atoms with Crippen molar-refractivity contribution in [1.82, 2.24) is 10.3 Å². The van der Waals surface area contributed by atoms with Crippen LogP contribution in [0.4, 0.5) is 0 Å². The van der Waals surface area contributed by atoms with Crippen LogP contribution in [0.1, 0.15) is 42.0 Å². The first kappa shape index (κ1) is 24.4. The summed E-state index contributed by atoms with van der Waals surface area (Å²) in [7, 11) is 0. The molecule has 4 N–H and O–H groups in total. The van der Waals surface area contributed by atoms with Crippen LogP contribution in [-0.2, 0) is 28.9 Å². The zero-order valence-electron chi connectivity index (χ0n) is 20.6. The van der Waals surface area contributed by atoms with Crippen molar-refractivity contribution in [2.45, 2.75) is 58.1 Å². The van der Waals surface area contributed by atoms with Gasteiger partial charge in [-0.25, -0.2) is 9.59 Å². The molecule has 0 saturated carbocycles. The highest BCUT2D eigenvalue weighted by Crippen LogP contribution is 2.35. The van der Waals surface area contributed by atoms with Crippen molar-refractivity contribution in [2.75, 3.05) is 0 Å². The van der Waals surface area contributed by atoms with E-state index in [9.17, 15) is 24.6 Å². The zero-order chi connectivity index (χ0) is 26.3. The van der Waals surface area contributed by atoms with Crippen LogP contribution in [-0.4, -0.2) is 39.2 Å². The number of H-pyrrole nitrogens is 1. The van der Waals surface area contributed by atoms with Crippen LogP contribution in [0.5, 0.6) is 11.5 Å². The van der Waals surface area contributed by atoms with Gasteiger partial charge in [0.2, 0.25) is 0 Å². The van der Waals surface area contributed by atoms with Gasteiger partial charge in [0.25, 0.3) is 5.91 Å². The molecule has 0 fully saturated rings. The highest BCUT2D eigenvalue weighted by atomic mass is 16.5. The van der Waals surface area contributed by atoms with Crippen molar-refractivity contribution in [3.63, 3.8) is 0 Å². The van der Waals surface area contributed by atoms with E-state index in [0.717, 1.165) is 35.9 Å². The first-order valence-electron chi connectivity index (χ1n) is 12.3. The summed E-state index contributed by atoms with van der Waals surface area (Å²) in [5, 5.41) is 23.6. The Hall–Kier alpha value is -4.27. The van der Waals surface area contributed by atoms with Gasteiger partial charge in [-0.15, -0.1) is 0 Å². The second-order valence-electron chi connectivity index (χ2n) is 9.60. The molecular formula is C28H28N2O7. The fourth-order valence-corrected chi connectivity index (χ4v) is 5.05. The summed E-state index contributed by atoms with van der Waals surface area (Å²) < 4.78 is 11.7. The summed E-state index contributed by atoms with van der Waals surface area (Å²) in [6, 6.07) is 7.16. The lowest BCUT2D eigenvalue weighted by Crippen LogP contribution is -2.47. The smallest absolute Gasteiger partial charge is 0.339 e. The Morgan fingerprint density at radius 2 is 1.92 bits per heavy atom. The van der Waals surface area contributed by atoms with Crippen LogP contribution in [0, 0.1) is 6.92 Å². The Morgan fingerprint density at radius 3 is 2.68 bits per heavy atom. The molecule has 9 heteroatoms. The number of phenols is 1. The number of carboxylic acids is 1. The van der Waals surface area contributed by atoms with Gasteiger partial charge in [0.05, 0.1) is 5.39 Å². The molecule has 4 aromatic rings. The van der Waals surface area contributed by atoms with Crippen LogP contribution >= 0.6 is 0 Å². The van der Waals surface area contributed by atoms with Gasteiger partial charge in [0, 0.05) is 29.1 Å². The number of fused-ring (bicyclic) bond motifs is 4. The molecule has 2 heterocycles. The lowest BCUT2D eigenvalue weighted by atomic mass is 9.90. The predicted molar refractivity (Wildman–Crippen MR) is 137 cm³/mol. The molecule has 2 aromatic carbocycles. The van der Waals surface area contributed by atoms with E-state index >= 15 is 0 Å². The number of carboxylic acid groups (broad SMARTS) is 1. The standard InChI is InChI=1S/C28H28N2O7/c1-14-9-23(25-18-5-3-4-6-19(18)28(35)37-24(25)10-14)36-15(2)26(32)30-22(27(33)34)11-16-13-29-21-8-7-17(31)12-20(16)21/h7-10,12-13,15,22,29,31H,3-6,11H2,1-2H3,(H,30,32)(H,33,34)/t15-,22+/m1/s1. The number of benzene rings is 2. The van der Waals surface area contributed by atoms with Gasteiger partial charge in [0.15, 0.2) is 6.10 Å². The Balaban J connectivity index is 1.39. The molecular weight excluding hydrogens is 476 g/mol. The number of amides is 1. The second-order valence-corrected chi connectivity index (χ2v) is 9.60.